The SMILES string of the molecule is CC(N)c1nnc(N2CCN(c3ccccc3)CC2)o1. The number of rotatable bonds is 3. The zero-order chi connectivity index (χ0) is 13.9. The molecule has 3 rings (SSSR count). The number of hydrogen-bond acceptors (Lipinski definition) is 6. The van der Waals surface area contributed by atoms with Crippen molar-refractivity contribution in [3.8, 4) is 0 Å². The molecule has 106 valence electrons. The first-order chi connectivity index (χ1) is 9.74. The maximum atomic E-state index is 5.73. The molecule has 20 heavy (non-hydrogen) atoms. The van der Waals surface area contributed by atoms with Crippen LogP contribution in [0.1, 0.15) is 18.9 Å². The molecule has 2 aromatic rings. The fourth-order valence-corrected chi connectivity index (χ4v) is 2.33. The first-order valence-corrected chi connectivity index (χ1v) is 6.88. The minimum atomic E-state index is -0.221. The smallest absolute Gasteiger partial charge is 0.318 e. The van der Waals surface area contributed by atoms with E-state index in [2.05, 4.69) is 44.3 Å². The van der Waals surface area contributed by atoms with Gasteiger partial charge >= 0.3 is 6.01 Å². The van der Waals surface area contributed by atoms with Crippen LogP contribution in [-0.4, -0.2) is 36.4 Å². The molecule has 0 amide bonds. The average molecular weight is 273 g/mol. The largest absolute Gasteiger partial charge is 0.406 e. The van der Waals surface area contributed by atoms with E-state index in [1.165, 1.54) is 5.69 Å². The summed E-state index contributed by atoms with van der Waals surface area (Å²) in [5.74, 6) is 0.491. The summed E-state index contributed by atoms with van der Waals surface area (Å²) < 4.78 is 5.59. The molecule has 0 saturated carbocycles. The van der Waals surface area contributed by atoms with Crippen molar-refractivity contribution in [2.45, 2.75) is 13.0 Å². The highest BCUT2D eigenvalue weighted by molar-refractivity contribution is 5.47. The number of hydrogen-bond donors (Lipinski definition) is 1. The van der Waals surface area contributed by atoms with Gasteiger partial charge in [-0.2, -0.15) is 0 Å². The summed E-state index contributed by atoms with van der Waals surface area (Å²) >= 11 is 0. The van der Waals surface area contributed by atoms with Crippen molar-refractivity contribution in [1.29, 1.82) is 0 Å². The van der Waals surface area contributed by atoms with Gasteiger partial charge in [0.2, 0.25) is 5.89 Å². The Hall–Kier alpha value is -2.08. The number of anilines is 2. The van der Waals surface area contributed by atoms with E-state index in [-0.39, 0.29) is 6.04 Å². The van der Waals surface area contributed by atoms with E-state index >= 15 is 0 Å². The highest BCUT2D eigenvalue weighted by Gasteiger charge is 2.22. The van der Waals surface area contributed by atoms with Crippen LogP contribution in [0.2, 0.25) is 0 Å². The fourth-order valence-electron chi connectivity index (χ4n) is 2.33. The van der Waals surface area contributed by atoms with Crippen LogP contribution in [0.25, 0.3) is 0 Å². The van der Waals surface area contributed by atoms with Crippen molar-refractivity contribution in [2.75, 3.05) is 36.0 Å². The standard InChI is InChI=1S/C14H19N5O/c1-11(15)13-16-17-14(20-13)19-9-7-18(8-10-19)12-5-3-2-4-6-12/h2-6,11H,7-10,15H2,1H3. The number of benzene rings is 1. The molecule has 1 saturated heterocycles. The zero-order valence-electron chi connectivity index (χ0n) is 11.6. The van der Waals surface area contributed by atoms with E-state index in [9.17, 15) is 0 Å². The third-order valence-electron chi connectivity index (χ3n) is 3.49. The van der Waals surface area contributed by atoms with Gasteiger partial charge in [-0.1, -0.05) is 23.3 Å². The van der Waals surface area contributed by atoms with Gasteiger partial charge < -0.3 is 20.0 Å². The zero-order valence-corrected chi connectivity index (χ0v) is 11.6. The lowest BCUT2D eigenvalue weighted by Gasteiger charge is -2.35. The molecule has 1 aromatic carbocycles. The molecule has 0 spiro atoms. The summed E-state index contributed by atoms with van der Waals surface area (Å²) in [5.41, 5.74) is 6.99. The van der Waals surface area contributed by atoms with Crippen molar-refractivity contribution in [2.24, 2.45) is 5.73 Å². The summed E-state index contributed by atoms with van der Waals surface area (Å²) in [6, 6.07) is 10.8. The second kappa shape index (κ2) is 5.50. The summed E-state index contributed by atoms with van der Waals surface area (Å²) in [4.78, 5) is 4.47. The van der Waals surface area contributed by atoms with Crippen LogP contribution in [-0.2, 0) is 0 Å². The van der Waals surface area contributed by atoms with Crippen LogP contribution in [0.3, 0.4) is 0 Å². The minimum Gasteiger partial charge on any atom is -0.406 e. The minimum absolute atomic E-state index is 0.221. The Kier molecular flexibility index (Phi) is 3.56. The topological polar surface area (TPSA) is 71.4 Å². The highest BCUT2D eigenvalue weighted by Crippen LogP contribution is 2.20. The average Bonchev–Trinajstić information content (AvgIpc) is 2.98. The molecule has 0 bridgehead atoms. The lowest BCUT2D eigenvalue weighted by Crippen LogP contribution is -2.46. The number of piperazine rings is 1. The molecule has 1 unspecified atom stereocenters. The summed E-state index contributed by atoms with van der Waals surface area (Å²) in [7, 11) is 0. The normalized spacial score (nSPS) is 17.3. The van der Waals surface area contributed by atoms with E-state index < -0.39 is 0 Å². The van der Waals surface area contributed by atoms with E-state index in [0.29, 0.717) is 11.9 Å². The van der Waals surface area contributed by atoms with Crippen LogP contribution < -0.4 is 15.5 Å². The van der Waals surface area contributed by atoms with Crippen LogP contribution in [0, 0.1) is 0 Å². The molecular weight excluding hydrogens is 254 g/mol. The van der Waals surface area contributed by atoms with Gasteiger partial charge in [-0.25, -0.2) is 0 Å². The maximum Gasteiger partial charge on any atom is 0.318 e. The van der Waals surface area contributed by atoms with Crippen LogP contribution in [0.5, 0.6) is 0 Å². The molecular formula is C14H19N5O. The van der Waals surface area contributed by atoms with Crippen molar-refractivity contribution in [3.63, 3.8) is 0 Å². The highest BCUT2D eigenvalue weighted by atomic mass is 16.4. The Morgan fingerprint density at radius 2 is 1.70 bits per heavy atom. The van der Waals surface area contributed by atoms with E-state index in [1.807, 2.05) is 13.0 Å². The Labute approximate surface area is 118 Å². The van der Waals surface area contributed by atoms with Gasteiger partial charge in [-0.05, 0) is 19.1 Å². The molecule has 6 nitrogen and oxygen atoms in total. The van der Waals surface area contributed by atoms with Gasteiger partial charge in [0.05, 0.1) is 6.04 Å². The summed E-state index contributed by atoms with van der Waals surface area (Å²) in [5, 5.41) is 8.04. The van der Waals surface area contributed by atoms with Gasteiger partial charge in [-0.3, -0.25) is 0 Å². The Balaban J connectivity index is 1.63. The molecule has 6 heteroatoms. The van der Waals surface area contributed by atoms with E-state index in [0.717, 1.165) is 26.2 Å². The van der Waals surface area contributed by atoms with Gasteiger partial charge in [0.25, 0.3) is 0 Å². The second-order valence-electron chi connectivity index (χ2n) is 5.02. The second-order valence-corrected chi connectivity index (χ2v) is 5.02. The number of nitrogens with zero attached hydrogens (tertiary/aromatic N) is 4. The Morgan fingerprint density at radius 1 is 1.05 bits per heavy atom. The first kappa shape index (κ1) is 12.9. The van der Waals surface area contributed by atoms with Gasteiger partial charge in [-0.15, -0.1) is 5.10 Å². The van der Waals surface area contributed by atoms with Crippen molar-refractivity contribution < 1.29 is 4.42 Å². The lowest BCUT2D eigenvalue weighted by atomic mass is 10.2. The Bertz CT molecular complexity index is 546. The number of para-hydroxylation sites is 1. The molecule has 2 heterocycles. The summed E-state index contributed by atoms with van der Waals surface area (Å²) in [6.07, 6.45) is 0. The van der Waals surface area contributed by atoms with Crippen molar-refractivity contribution >= 4 is 11.7 Å². The van der Waals surface area contributed by atoms with E-state index in [1.54, 1.807) is 0 Å². The monoisotopic (exact) mass is 273 g/mol. The Morgan fingerprint density at radius 3 is 2.30 bits per heavy atom. The predicted molar refractivity (Wildman–Crippen MR) is 77.8 cm³/mol. The third-order valence-corrected chi connectivity index (χ3v) is 3.49. The first-order valence-electron chi connectivity index (χ1n) is 6.88. The molecule has 0 aliphatic carbocycles. The molecule has 1 atom stereocenters. The molecule has 0 radical (unpaired) electrons. The number of nitrogens with two attached hydrogens (primary N) is 1. The third kappa shape index (κ3) is 2.60. The molecule has 1 fully saturated rings. The van der Waals surface area contributed by atoms with Crippen molar-refractivity contribution in [3.05, 3.63) is 36.2 Å². The predicted octanol–water partition coefficient (Wildman–Crippen LogP) is 1.42. The van der Waals surface area contributed by atoms with Gasteiger partial charge in [0.1, 0.15) is 0 Å². The molecule has 1 aliphatic rings. The van der Waals surface area contributed by atoms with Gasteiger partial charge in [0, 0.05) is 31.9 Å². The quantitative estimate of drug-likeness (QED) is 0.912. The van der Waals surface area contributed by atoms with Crippen LogP contribution >= 0.6 is 0 Å². The molecule has 1 aromatic heterocycles. The maximum absolute atomic E-state index is 5.73. The fraction of sp³-hybridized carbons (Fsp3) is 0.429. The van der Waals surface area contributed by atoms with E-state index in [4.69, 9.17) is 10.2 Å². The van der Waals surface area contributed by atoms with Crippen molar-refractivity contribution in [1.82, 2.24) is 10.2 Å². The van der Waals surface area contributed by atoms with Crippen LogP contribution in [0.4, 0.5) is 11.7 Å². The summed E-state index contributed by atoms with van der Waals surface area (Å²) in [6.45, 7) is 5.47. The molecule has 2 N–H and O–H groups in total. The van der Waals surface area contributed by atoms with Gasteiger partial charge in [0.15, 0.2) is 0 Å². The lowest BCUT2D eigenvalue weighted by molar-refractivity contribution is 0.450. The van der Waals surface area contributed by atoms with Crippen LogP contribution in [0.15, 0.2) is 34.7 Å². The molecule has 1 aliphatic heterocycles. The number of aromatic nitrogens is 2.